The molecular weight excluding hydrogens is 222 g/mol. The van der Waals surface area contributed by atoms with Crippen molar-refractivity contribution >= 4 is 5.82 Å². The maximum absolute atomic E-state index is 5.86. The van der Waals surface area contributed by atoms with Gasteiger partial charge in [0.25, 0.3) is 0 Å². The maximum Gasteiger partial charge on any atom is 0.128 e. The minimum Gasteiger partial charge on any atom is -0.353 e. The molecule has 18 heavy (non-hydrogen) atoms. The van der Waals surface area contributed by atoms with Crippen LogP contribution >= 0.6 is 0 Å². The summed E-state index contributed by atoms with van der Waals surface area (Å²) in [5.41, 5.74) is 6.96. The third kappa shape index (κ3) is 2.66. The van der Waals surface area contributed by atoms with Crippen LogP contribution in [-0.4, -0.2) is 17.6 Å². The van der Waals surface area contributed by atoms with Gasteiger partial charge in [-0.25, -0.2) is 4.98 Å². The van der Waals surface area contributed by atoms with Crippen LogP contribution in [-0.2, 0) is 0 Å². The lowest BCUT2D eigenvalue weighted by molar-refractivity contribution is 0.295. The number of aromatic nitrogens is 1. The normalized spacial score (nSPS) is 30.3. The molecule has 0 spiro atoms. The molecule has 0 saturated carbocycles. The van der Waals surface area contributed by atoms with E-state index in [-0.39, 0.29) is 6.04 Å². The first-order valence-electron chi connectivity index (χ1n) is 6.97. The van der Waals surface area contributed by atoms with Crippen LogP contribution in [0.4, 0.5) is 5.82 Å². The van der Waals surface area contributed by atoms with Crippen LogP contribution in [0.2, 0.25) is 0 Å². The van der Waals surface area contributed by atoms with Gasteiger partial charge in [-0.05, 0) is 43.7 Å². The highest BCUT2D eigenvalue weighted by molar-refractivity contribution is 5.41. The fourth-order valence-corrected chi connectivity index (χ4v) is 2.85. The quantitative estimate of drug-likeness (QED) is 0.873. The molecule has 1 fully saturated rings. The van der Waals surface area contributed by atoms with Gasteiger partial charge in [0.15, 0.2) is 0 Å². The van der Waals surface area contributed by atoms with Gasteiger partial charge in [-0.3, -0.25) is 0 Å². The zero-order chi connectivity index (χ0) is 13.3. The lowest BCUT2D eigenvalue weighted by Gasteiger charge is -2.42. The summed E-state index contributed by atoms with van der Waals surface area (Å²) in [6, 6.07) is 4.84. The SMILES string of the molecule is CC1CC(C)C(C)N(c2ccc([C@H](C)N)cn2)C1. The van der Waals surface area contributed by atoms with Crippen molar-refractivity contribution in [2.75, 3.05) is 11.4 Å². The molecule has 2 rings (SSSR count). The molecule has 0 aromatic carbocycles. The van der Waals surface area contributed by atoms with Crippen molar-refractivity contribution in [3.8, 4) is 0 Å². The van der Waals surface area contributed by atoms with E-state index < -0.39 is 0 Å². The number of nitrogens with zero attached hydrogens (tertiary/aromatic N) is 2. The molecular formula is C15H25N3. The summed E-state index contributed by atoms with van der Waals surface area (Å²) >= 11 is 0. The largest absolute Gasteiger partial charge is 0.353 e. The summed E-state index contributed by atoms with van der Waals surface area (Å²) in [7, 11) is 0. The Kier molecular flexibility index (Phi) is 3.91. The number of hydrogen-bond donors (Lipinski definition) is 1. The Bertz CT molecular complexity index is 385. The Morgan fingerprint density at radius 2 is 2.06 bits per heavy atom. The number of piperidine rings is 1. The zero-order valence-electron chi connectivity index (χ0n) is 11.9. The predicted octanol–water partition coefficient (Wildman–Crippen LogP) is 2.97. The van der Waals surface area contributed by atoms with E-state index in [9.17, 15) is 0 Å². The molecule has 1 aliphatic rings. The molecule has 2 N–H and O–H groups in total. The van der Waals surface area contributed by atoms with Gasteiger partial charge in [-0.15, -0.1) is 0 Å². The average Bonchev–Trinajstić information content (AvgIpc) is 2.34. The molecule has 4 atom stereocenters. The van der Waals surface area contributed by atoms with Crippen LogP contribution in [0.1, 0.15) is 45.7 Å². The van der Waals surface area contributed by atoms with Crippen molar-refractivity contribution in [3.63, 3.8) is 0 Å². The van der Waals surface area contributed by atoms with E-state index in [1.54, 1.807) is 0 Å². The van der Waals surface area contributed by atoms with Crippen molar-refractivity contribution < 1.29 is 0 Å². The summed E-state index contributed by atoms with van der Waals surface area (Å²) in [5, 5.41) is 0. The predicted molar refractivity (Wildman–Crippen MR) is 76.6 cm³/mol. The number of rotatable bonds is 2. The smallest absolute Gasteiger partial charge is 0.128 e. The van der Waals surface area contributed by atoms with Crippen molar-refractivity contribution in [2.45, 2.75) is 46.2 Å². The fraction of sp³-hybridized carbons (Fsp3) is 0.667. The summed E-state index contributed by atoms with van der Waals surface area (Å²) in [6.45, 7) is 10.1. The van der Waals surface area contributed by atoms with Crippen LogP contribution in [0.25, 0.3) is 0 Å². The molecule has 0 radical (unpaired) electrons. The number of hydrogen-bond acceptors (Lipinski definition) is 3. The molecule has 1 aliphatic heterocycles. The Morgan fingerprint density at radius 3 is 2.61 bits per heavy atom. The Morgan fingerprint density at radius 1 is 1.33 bits per heavy atom. The van der Waals surface area contributed by atoms with E-state index in [1.807, 2.05) is 13.1 Å². The van der Waals surface area contributed by atoms with Crippen LogP contribution in [0.3, 0.4) is 0 Å². The van der Waals surface area contributed by atoms with Crippen molar-refractivity contribution in [2.24, 2.45) is 17.6 Å². The Balaban J connectivity index is 2.19. The van der Waals surface area contributed by atoms with E-state index in [2.05, 4.69) is 42.8 Å². The number of pyridine rings is 1. The second-order valence-electron chi connectivity index (χ2n) is 5.95. The first-order chi connectivity index (χ1) is 8.49. The van der Waals surface area contributed by atoms with E-state index in [0.29, 0.717) is 6.04 Å². The van der Waals surface area contributed by atoms with E-state index >= 15 is 0 Å². The van der Waals surface area contributed by atoms with Crippen LogP contribution in [0.5, 0.6) is 0 Å². The molecule has 0 bridgehead atoms. The fourth-order valence-electron chi connectivity index (χ4n) is 2.85. The Hall–Kier alpha value is -1.09. The third-order valence-electron chi connectivity index (χ3n) is 4.19. The lowest BCUT2D eigenvalue weighted by Crippen LogP contribution is -2.46. The molecule has 2 heterocycles. The second kappa shape index (κ2) is 5.27. The average molecular weight is 247 g/mol. The molecule has 3 nitrogen and oxygen atoms in total. The topological polar surface area (TPSA) is 42.1 Å². The minimum absolute atomic E-state index is 0.0585. The van der Waals surface area contributed by atoms with Crippen LogP contribution in [0.15, 0.2) is 18.3 Å². The molecule has 1 aromatic rings. The zero-order valence-corrected chi connectivity index (χ0v) is 11.9. The first kappa shape index (κ1) is 13.3. The highest BCUT2D eigenvalue weighted by Gasteiger charge is 2.29. The molecule has 100 valence electrons. The second-order valence-corrected chi connectivity index (χ2v) is 5.95. The van der Waals surface area contributed by atoms with E-state index in [1.165, 1.54) is 6.42 Å². The molecule has 0 aliphatic carbocycles. The Labute approximate surface area is 110 Å². The maximum atomic E-state index is 5.86. The van der Waals surface area contributed by atoms with Gasteiger partial charge < -0.3 is 10.6 Å². The first-order valence-corrected chi connectivity index (χ1v) is 6.97. The molecule has 1 saturated heterocycles. The van der Waals surface area contributed by atoms with E-state index in [4.69, 9.17) is 5.73 Å². The molecule has 1 aromatic heterocycles. The van der Waals surface area contributed by atoms with Crippen molar-refractivity contribution in [1.82, 2.24) is 4.98 Å². The molecule has 0 amide bonds. The lowest BCUT2D eigenvalue weighted by atomic mass is 9.86. The van der Waals surface area contributed by atoms with Crippen LogP contribution in [0, 0.1) is 11.8 Å². The highest BCUT2D eigenvalue weighted by Crippen LogP contribution is 2.30. The molecule has 3 heteroatoms. The van der Waals surface area contributed by atoms with Crippen molar-refractivity contribution in [1.29, 1.82) is 0 Å². The highest BCUT2D eigenvalue weighted by atomic mass is 15.2. The van der Waals surface area contributed by atoms with Crippen LogP contribution < -0.4 is 10.6 Å². The van der Waals surface area contributed by atoms with Gasteiger partial charge in [0.05, 0.1) is 0 Å². The van der Waals surface area contributed by atoms with Crippen molar-refractivity contribution in [3.05, 3.63) is 23.9 Å². The number of nitrogens with two attached hydrogens (primary N) is 1. The summed E-state index contributed by atoms with van der Waals surface area (Å²) in [5.74, 6) is 2.56. The summed E-state index contributed by atoms with van der Waals surface area (Å²) in [4.78, 5) is 7.02. The summed E-state index contributed by atoms with van der Waals surface area (Å²) < 4.78 is 0. The van der Waals surface area contributed by atoms with Gasteiger partial charge in [-0.1, -0.05) is 19.9 Å². The minimum atomic E-state index is 0.0585. The summed E-state index contributed by atoms with van der Waals surface area (Å²) in [6.07, 6.45) is 3.23. The van der Waals surface area contributed by atoms with Gasteiger partial charge >= 0.3 is 0 Å². The molecule has 3 unspecified atom stereocenters. The number of anilines is 1. The monoisotopic (exact) mass is 247 g/mol. The van der Waals surface area contributed by atoms with Gasteiger partial charge in [-0.2, -0.15) is 0 Å². The van der Waals surface area contributed by atoms with Gasteiger partial charge in [0.2, 0.25) is 0 Å². The standard InChI is InChI=1S/C15H25N3/c1-10-7-11(2)13(4)18(9-10)15-6-5-14(8-17-15)12(3)16/h5-6,8,10-13H,7,9,16H2,1-4H3/t10?,11?,12-,13?/m0/s1. The van der Waals surface area contributed by atoms with Gasteiger partial charge in [0, 0.05) is 24.8 Å². The third-order valence-corrected chi connectivity index (χ3v) is 4.19. The van der Waals surface area contributed by atoms with Gasteiger partial charge in [0.1, 0.15) is 5.82 Å². The van der Waals surface area contributed by atoms with E-state index in [0.717, 1.165) is 29.8 Å².